The molecule has 1 aromatic carbocycles. The van der Waals surface area contributed by atoms with Gasteiger partial charge in [0.1, 0.15) is 0 Å². The van der Waals surface area contributed by atoms with Crippen molar-refractivity contribution in [1.82, 2.24) is 0 Å². The SMILES string of the molecule is O=C(CCl)c1ccc(Cl)c(C(F)(F)F)c1I. The molecule has 0 aromatic heterocycles. The highest BCUT2D eigenvalue weighted by molar-refractivity contribution is 14.1. The van der Waals surface area contributed by atoms with E-state index in [9.17, 15) is 18.0 Å². The van der Waals surface area contributed by atoms with Gasteiger partial charge in [0.2, 0.25) is 0 Å². The molecule has 1 nitrogen and oxygen atoms in total. The molecule has 0 N–H and O–H groups in total. The molecule has 0 fully saturated rings. The predicted octanol–water partition coefficient (Wildman–Crippen LogP) is 4.38. The first kappa shape index (κ1) is 14.1. The van der Waals surface area contributed by atoms with Crippen molar-refractivity contribution in [3.63, 3.8) is 0 Å². The molecule has 88 valence electrons. The van der Waals surface area contributed by atoms with Gasteiger partial charge in [-0.2, -0.15) is 13.2 Å². The van der Waals surface area contributed by atoms with E-state index >= 15 is 0 Å². The summed E-state index contributed by atoms with van der Waals surface area (Å²) >= 11 is 12.2. The number of Topliss-reactive ketones (excluding diaryl/α,β-unsaturated/α-hetero) is 1. The summed E-state index contributed by atoms with van der Waals surface area (Å²) in [7, 11) is 0. The summed E-state index contributed by atoms with van der Waals surface area (Å²) in [4.78, 5) is 11.3. The molecule has 0 radical (unpaired) electrons. The summed E-state index contributed by atoms with van der Waals surface area (Å²) in [6.07, 6.45) is -4.59. The molecule has 0 spiro atoms. The van der Waals surface area contributed by atoms with Gasteiger partial charge in [-0.15, -0.1) is 11.6 Å². The lowest BCUT2D eigenvalue weighted by molar-refractivity contribution is -0.138. The number of carbonyl (C=O) groups is 1. The van der Waals surface area contributed by atoms with Crippen molar-refractivity contribution in [2.45, 2.75) is 6.18 Å². The predicted molar refractivity (Wildman–Crippen MR) is 64.2 cm³/mol. The van der Waals surface area contributed by atoms with Crippen LogP contribution in [0, 0.1) is 3.57 Å². The van der Waals surface area contributed by atoms with Crippen molar-refractivity contribution in [2.75, 3.05) is 5.88 Å². The van der Waals surface area contributed by atoms with E-state index in [-0.39, 0.29) is 15.0 Å². The van der Waals surface area contributed by atoms with Gasteiger partial charge in [-0.05, 0) is 34.7 Å². The summed E-state index contributed by atoms with van der Waals surface area (Å²) in [6.45, 7) is 0. The van der Waals surface area contributed by atoms with Crippen molar-refractivity contribution in [3.05, 3.63) is 31.9 Å². The average Bonchev–Trinajstić information content (AvgIpc) is 2.14. The molecule has 0 saturated carbocycles. The van der Waals surface area contributed by atoms with Crippen molar-refractivity contribution in [3.8, 4) is 0 Å². The number of carbonyl (C=O) groups excluding carboxylic acids is 1. The first-order chi connectivity index (χ1) is 7.29. The summed E-state index contributed by atoms with van der Waals surface area (Å²) in [5.41, 5.74) is -1.06. The normalized spacial score (nSPS) is 11.6. The highest BCUT2D eigenvalue weighted by atomic mass is 127. The highest BCUT2D eigenvalue weighted by Crippen LogP contribution is 2.39. The van der Waals surface area contributed by atoms with E-state index in [1.54, 1.807) is 0 Å². The number of hydrogen-bond acceptors (Lipinski definition) is 1. The van der Waals surface area contributed by atoms with Crippen LogP contribution in [-0.4, -0.2) is 11.7 Å². The number of hydrogen-bond donors (Lipinski definition) is 0. The van der Waals surface area contributed by atoms with Crippen molar-refractivity contribution >= 4 is 51.6 Å². The average molecular weight is 383 g/mol. The summed E-state index contributed by atoms with van der Waals surface area (Å²) < 4.78 is 37.7. The fourth-order valence-corrected chi connectivity index (χ4v) is 2.74. The van der Waals surface area contributed by atoms with Gasteiger partial charge in [0, 0.05) is 9.13 Å². The Hall–Kier alpha value is -0.0100. The van der Waals surface area contributed by atoms with Gasteiger partial charge in [0.25, 0.3) is 0 Å². The molecule has 0 unspecified atom stereocenters. The van der Waals surface area contributed by atoms with Gasteiger partial charge >= 0.3 is 6.18 Å². The number of rotatable bonds is 2. The van der Waals surface area contributed by atoms with E-state index in [1.165, 1.54) is 28.7 Å². The maximum absolute atomic E-state index is 12.6. The molecule has 1 rings (SSSR count). The topological polar surface area (TPSA) is 17.1 Å². The molecule has 0 bridgehead atoms. The van der Waals surface area contributed by atoms with Crippen molar-refractivity contribution < 1.29 is 18.0 Å². The van der Waals surface area contributed by atoms with Crippen LogP contribution in [0.2, 0.25) is 5.02 Å². The van der Waals surface area contributed by atoms with Gasteiger partial charge in [-0.3, -0.25) is 4.79 Å². The first-order valence-electron chi connectivity index (χ1n) is 3.93. The summed E-state index contributed by atoms with van der Waals surface area (Å²) in [5.74, 6) is -0.928. The van der Waals surface area contributed by atoms with E-state index in [2.05, 4.69) is 0 Å². The van der Waals surface area contributed by atoms with Gasteiger partial charge in [0.15, 0.2) is 5.78 Å². The second kappa shape index (κ2) is 5.10. The number of benzene rings is 1. The molecule has 0 saturated heterocycles. The molecular weight excluding hydrogens is 379 g/mol. The van der Waals surface area contributed by atoms with Crippen LogP contribution >= 0.6 is 45.8 Å². The quantitative estimate of drug-likeness (QED) is 0.421. The van der Waals surface area contributed by atoms with Gasteiger partial charge in [-0.25, -0.2) is 0 Å². The molecule has 0 atom stereocenters. The highest BCUT2D eigenvalue weighted by Gasteiger charge is 2.37. The zero-order valence-corrected chi connectivity index (χ0v) is 11.2. The number of halogens is 6. The van der Waals surface area contributed by atoms with Crippen LogP contribution in [-0.2, 0) is 6.18 Å². The molecule has 0 aliphatic heterocycles. The smallest absolute Gasteiger partial charge is 0.293 e. The third-order valence-corrected chi connectivity index (χ3v) is 3.47. The van der Waals surface area contributed by atoms with E-state index < -0.39 is 22.5 Å². The Morgan fingerprint density at radius 1 is 1.38 bits per heavy atom. The van der Waals surface area contributed by atoms with Gasteiger partial charge in [-0.1, -0.05) is 11.6 Å². The second-order valence-corrected chi connectivity index (χ2v) is 4.59. The Bertz CT molecular complexity index is 431. The van der Waals surface area contributed by atoms with E-state index in [1.807, 2.05) is 0 Å². The fraction of sp³-hybridized carbons (Fsp3) is 0.222. The molecule has 1 aromatic rings. The molecule has 0 aliphatic rings. The van der Waals surface area contributed by atoms with Crippen molar-refractivity contribution in [1.29, 1.82) is 0 Å². The minimum Gasteiger partial charge on any atom is -0.293 e. The van der Waals surface area contributed by atoms with Crippen LogP contribution in [0.1, 0.15) is 15.9 Å². The van der Waals surface area contributed by atoms with Crippen LogP contribution in [0.4, 0.5) is 13.2 Å². The maximum Gasteiger partial charge on any atom is 0.418 e. The van der Waals surface area contributed by atoms with Gasteiger partial charge in [0.05, 0.1) is 16.5 Å². The Morgan fingerprint density at radius 3 is 2.38 bits per heavy atom. The van der Waals surface area contributed by atoms with Crippen LogP contribution < -0.4 is 0 Å². The summed E-state index contributed by atoms with van der Waals surface area (Å²) in [5, 5.41) is -0.428. The van der Waals surface area contributed by atoms with E-state index in [0.717, 1.165) is 6.07 Å². The minimum atomic E-state index is -4.59. The third-order valence-electron chi connectivity index (χ3n) is 1.80. The Balaban J connectivity index is 3.45. The molecule has 16 heavy (non-hydrogen) atoms. The van der Waals surface area contributed by atoms with Gasteiger partial charge < -0.3 is 0 Å². The largest absolute Gasteiger partial charge is 0.418 e. The number of alkyl halides is 4. The fourth-order valence-electron chi connectivity index (χ4n) is 1.10. The lowest BCUT2D eigenvalue weighted by atomic mass is 10.1. The Morgan fingerprint density at radius 2 is 1.94 bits per heavy atom. The van der Waals surface area contributed by atoms with Crippen LogP contribution in [0.5, 0.6) is 0 Å². The second-order valence-electron chi connectivity index (χ2n) is 2.84. The monoisotopic (exact) mass is 382 g/mol. The minimum absolute atomic E-state index is 0.0627. The van der Waals surface area contributed by atoms with E-state index in [0.29, 0.717) is 0 Å². The zero-order valence-electron chi connectivity index (χ0n) is 7.54. The standard InChI is InChI=1S/C9H4Cl2F3IO/c10-3-6(16)4-1-2-5(11)7(8(4)15)9(12,13)14/h1-2H,3H2. The number of ketones is 1. The molecule has 0 amide bonds. The van der Waals surface area contributed by atoms with Crippen LogP contribution in [0.15, 0.2) is 12.1 Å². The molecule has 0 aliphatic carbocycles. The van der Waals surface area contributed by atoms with Crippen molar-refractivity contribution in [2.24, 2.45) is 0 Å². The molecule has 0 heterocycles. The first-order valence-corrected chi connectivity index (χ1v) is 5.92. The summed E-state index contributed by atoms with van der Waals surface area (Å²) in [6, 6.07) is 2.29. The van der Waals surface area contributed by atoms with Crippen LogP contribution in [0.3, 0.4) is 0 Å². The zero-order chi connectivity index (χ0) is 12.5. The Labute approximate surface area is 113 Å². The van der Waals surface area contributed by atoms with Crippen LogP contribution in [0.25, 0.3) is 0 Å². The lowest BCUT2D eigenvalue weighted by Crippen LogP contribution is -2.13. The Kier molecular flexibility index (Phi) is 4.48. The van der Waals surface area contributed by atoms with E-state index in [4.69, 9.17) is 23.2 Å². The lowest BCUT2D eigenvalue weighted by Gasteiger charge is -2.13. The molecule has 7 heteroatoms. The molecular formula is C9H4Cl2F3IO. The third kappa shape index (κ3) is 2.81. The maximum atomic E-state index is 12.6.